The summed E-state index contributed by atoms with van der Waals surface area (Å²) in [7, 11) is 1.36. The first-order valence-corrected chi connectivity index (χ1v) is 15.2. The van der Waals surface area contributed by atoms with E-state index in [9.17, 15) is 29.4 Å². The number of nitrogens with zero attached hydrogens (tertiary/aromatic N) is 3. The molecule has 3 fully saturated rings. The van der Waals surface area contributed by atoms with E-state index in [-0.39, 0.29) is 85.8 Å². The molecule has 1 saturated carbocycles. The third-order valence-electron chi connectivity index (χ3n) is 8.76. The first-order valence-electron chi connectivity index (χ1n) is 15.2. The van der Waals surface area contributed by atoms with E-state index < -0.39 is 46.4 Å². The van der Waals surface area contributed by atoms with Crippen LogP contribution < -0.4 is 30.0 Å². The normalized spacial score (nSPS) is 19.1. The average molecular weight is 657 g/mol. The lowest BCUT2D eigenvalue weighted by Crippen LogP contribution is -2.48. The number of aliphatic hydroxyl groups is 1. The predicted octanol–water partition coefficient (Wildman–Crippen LogP) is 3.19. The number of amides is 2. The number of cyclic esters (lactones) is 1. The van der Waals surface area contributed by atoms with Crippen molar-refractivity contribution in [2.75, 3.05) is 49.7 Å². The summed E-state index contributed by atoms with van der Waals surface area (Å²) in [6.45, 7) is 1.71. The standard InChI is InChI=1S/C32H34F2N4O9/c1-17(39)35-13-20-14-38(31(43)47-20)19-5-6-25(23(33)11-19)46-16-32(44)7-9-36(10-8-32)27-24(34)12-21-26(29(27)45-2)37(18-3-4-18)15-22(28(21)40)30(41)42/h5-6,11-12,15,18,20,44H,3-4,7-10,13-14,16H2,1-2H3,(H,35,39)(H,41,42)/t20-/m0/s1. The molecule has 1 aliphatic carbocycles. The molecule has 3 heterocycles. The van der Waals surface area contributed by atoms with Gasteiger partial charge in [-0.2, -0.15) is 0 Å². The van der Waals surface area contributed by atoms with Crippen LogP contribution in [0.4, 0.5) is 25.0 Å². The molecule has 15 heteroatoms. The van der Waals surface area contributed by atoms with Gasteiger partial charge in [0.15, 0.2) is 23.1 Å². The fraction of sp³-hybridized carbons (Fsp3) is 0.438. The Kier molecular flexibility index (Phi) is 8.42. The number of piperidine rings is 1. The van der Waals surface area contributed by atoms with Crippen LogP contribution in [0.1, 0.15) is 49.0 Å². The zero-order valence-electron chi connectivity index (χ0n) is 25.8. The minimum Gasteiger partial charge on any atom is -0.492 e. The number of carboxylic acid groups (broad SMARTS) is 1. The molecule has 0 bridgehead atoms. The zero-order valence-corrected chi connectivity index (χ0v) is 25.8. The summed E-state index contributed by atoms with van der Waals surface area (Å²) in [5.41, 5.74) is -1.96. The van der Waals surface area contributed by atoms with Crippen molar-refractivity contribution in [2.24, 2.45) is 0 Å². The number of carbonyl (C=O) groups is 3. The van der Waals surface area contributed by atoms with E-state index in [2.05, 4.69) is 5.32 Å². The van der Waals surface area contributed by atoms with Crippen molar-refractivity contribution in [3.8, 4) is 11.5 Å². The molecule has 1 atom stereocenters. The van der Waals surface area contributed by atoms with Gasteiger partial charge in [-0.15, -0.1) is 0 Å². The summed E-state index contributed by atoms with van der Waals surface area (Å²) in [4.78, 5) is 51.1. The number of hydrogen-bond acceptors (Lipinski definition) is 9. The second-order valence-corrected chi connectivity index (χ2v) is 12.1. The second kappa shape index (κ2) is 12.4. The van der Waals surface area contributed by atoms with E-state index in [0.717, 1.165) is 25.0 Å². The molecule has 3 aromatic rings. The molecule has 3 N–H and O–H groups in total. The predicted molar refractivity (Wildman–Crippen MR) is 165 cm³/mol. The molecule has 0 unspecified atom stereocenters. The Labute approximate surface area is 267 Å². The van der Waals surface area contributed by atoms with Gasteiger partial charge in [0.05, 0.1) is 36.8 Å². The van der Waals surface area contributed by atoms with Gasteiger partial charge >= 0.3 is 12.1 Å². The maximum atomic E-state index is 15.7. The van der Waals surface area contributed by atoms with E-state index in [4.69, 9.17) is 14.2 Å². The summed E-state index contributed by atoms with van der Waals surface area (Å²) in [6.07, 6.45) is 1.85. The minimum atomic E-state index is -1.40. The largest absolute Gasteiger partial charge is 0.492 e. The number of halogens is 2. The van der Waals surface area contributed by atoms with Crippen molar-refractivity contribution in [1.29, 1.82) is 0 Å². The van der Waals surface area contributed by atoms with Gasteiger partial charge in [0.1, 0.15) is 29.6 Å². The molecular formula is C32H34F2N4O9. The molecular weight excluding hydrogens is 622 g/mol. The molecule has 0 spiro atoms. The zero-order chi connectivity index (χ0) is 33.6. The van der Waals surface area contributed by atoms with Crippen molar-refractivity contribution >= 4 is 40.2 Å². The quantitative estimate of drug-likeness (QED) is 0.296. The Hall–Kier alpha value is -4.92. The monoisotopic (exact) mass is 656 g/mol. The highest BCUT2D eigenvalue weighted by molar-refractivity contribution is 5.97. The Bertz CT molecular complexity index is 1820. The number of methoxy groups -OCH3 is 1. The Morgan fingerprint density at radius 3 is 2.47 bits per heavy atom. The fourth-order valence-electron chi connectivity index (χ4n) is 6.10. The maximum absolute atomic E-state index is 15.7. The van der Waals surface area contributed by atoms with Crippen LogP contribution in [0.5, 0.6) is 11.5 Å². The Balaban J connectivity index is 1.15. The van der Waals surface area contributed by atoms with Crippen LogP contribution in [0.2, 0.25) is 0 Å². The van der Waals surface area contributed by atoms with Crippen molar-refractivity contribution < 1.29 is 47.6 Å². The molecule has 3 aliphatic rings. The van der Waals surface area contributed by atoms with Gasteiger partial charge in [0.25, 0.3) is 0 Å². The number of aromatic carboxylic acids is 1. The second-order valence-electron chi connectivity index (χ2n) is 12.1. The number of aromatic nitrogens is 1. The summed E-state index contributed by atoms with van der Waals surface area (Å²) in [5, 5.41) is 23.3. The summed E-state index contributed by atoms with van der Waals surface area (Å²) in [5.74, 6) is -3.20. The van der Waals surface area contributed by atoms with E-state index in [1.165, 1.54) is 37.3 Å². The van der Waals surface area contributed by atoms with Crippen LogP contribution in [0, 0.1) is 11.6 Å². The van der Waals surface area contributed by atoms with Gasteiger partial charge in [-0.1, -0.05) is 0 Å². The number of ether oxygens (including phenoxy) is 3. The topological polar surface area (TPSA) is 160 Å². The van der Waals surface area contributed by atoms with Gasteiger partial charge in [0.2, 0.25) is 11.3 Å². The molecule has 13 nitrogen and oxygen atoms in total. The molecule has 2 amide bonds. The lowest BCUT2D eigenvalue weighted by atomic mass is 9.91. The van der Waals surface area contributed by atoms with Crippen molar-refractivity contribution in [3.05, 3.63) is 57.9 Å². The first-order chi connectivity index (χ1) is 22.4. The Morgan fingerprint density at radius 2 is 1.85 bits per heavy atom. The molecule has 2 aromatic carbocycles. The molecule has 0 radical (unpaired) electrons. The number of carbonyl (C=O) groups excluding carboxylic acids is 2. The Morgan fingerprint density at radius 1 is 1.13 bits per heavy atom. The third kappa shape index (κ3) is 6.26. The molecule has 250 valence electrons. The smallest absolute Gasteiger partial charge is 0.414 e. The highest BCUT2D eigenvalue weighted by Crippen LogP contribution is 2.44. The van der Waals surface area contributed by atoms with Crippen molar-refractivity contribution in [2.45, 2.75) is 50.4 Å². The van der Waals surface area contributed by atoms with E-state index in [0.29, 0.717) is 5.52 Å². The van der Waals surface area contributed by atoms with Crippen LogP contribution in [-0.4, -0.2) is 84.4 Å². The SMILES string of the molecule is COc1c(N2CCC(O)(COc3ccc(N4C[C@H](CNC(C)=O)OC4=O)cc3F)CC2)c(F)cc2c(=O)c(C(=O)O)cn(C3CC3)c12. The van der Waals surface area contributed by atoms with E-state index in [1.54, 1.807) is 9.47 Å². The van der Waals surface area contributed by atoms with Crippen LogP contribution in [-0.2, 0) is 9.53 Å². The molecule has 6 rings (SSSR count). The molecule has 2 saturated heterocycles. The number of hydrogen-bond donors (Lipinski definition) is 3. The average Bonchev–Trinajstić information content (AvgIpc) is 3.81. The van der Waals surface area contributed by atoms with Crippen molar-refractivity contribution in [3.63, 3.8) is 0 Å². The highest BCUT2D eigenvalue weighted by atomic mass is 19.1. The number of benzene rings is 2. The molecule has 47 heavy (non-hydrogen) atoms. The van der Waals surface area contributed by atoms with E-state index in [1.807, 2.05) is 0 Å². The fourth-order valence-corrected chi connectivity index (χ4v) is 6.10. The van der Waals surface area contributed by atoms with Crippen LogP contribution in [0.3, 0.4) is 0 Å². The van der Waals surface area contributed by atoms with Crippen molar-refractivity contribution in [1.82, 2.24) is 9.88 Å². The van der Waals surface area contributed by atoms with E-state index >= 15 is 8.78 Å². The number of carboxylic acids is 1. The summed E-state index contributed by atoms with van der Waals surface area (Å²) >= 11 is 0. The summed E-state index contributed by atoms with van der Waals surface area (Å²) < 4.78 is 48.9. The van der Waals surface area contributed by atoms with Crippen LogP contribution in [0.25, 0.3) is 10.9 Å². The van der Waals surface area contributed by atoms with Gasteiger partial charge < -0.3 is 39.2 Å². The van der Waals surface area contributed by atoms with Crippen LogP contribution in [0.15, 0.2) is 35.3 Å². The minimum absolute atomic E-state index is 0.0439. The maximum Gasteiger partial charge on any atom is 0.414 e. The first kappa shape index (κ1) is 32.0. The number of nitrogens with one attached hydrogen (secondary N) is 1. The molecule has 1 aromatic heterocycles. The number of rotatable bonds is 10. The molecule has 2 aliphatic heterocycles. The lowest BCUT2D eigenvalue weighted by Gasteiger charge is -2.39. The van der Waals surface area contributed by atoms with Crippen LogP contribution >= 0.6 is 0 Å². The van der Waals surface area contributed by atoms with Gasteiger partial charge in [-0.25, -0.2) is 18.4 Å². The van der Waals surface area contributed by atoms with Gasteiger partial charge in [-0.3, -0.25) is 14.5 Å². The number of pyridine rings is 1. The third-order valence-corrected chi connectivity index (χ3v) is 8.76. The number of anilines is 2. The highest BCUT2D eigenvalue weighted by Gasteiger charge is 2.37. The summed E-state index contributed by atoms with van der Waals surface area (Å²) in [6, 6.07) is 4.96. The van der Waals surface area contributed by atoms with Gasteiger partial charge in [-0.05, 0) is 43.9 Å². The lowest BCUT2D eigenvalue weighted by molar-refractivity contribution is -0.119. The number of fused-ring (bicyclic) bond motifs is 1. The van der Waals surface area contributed by atoms with Gasteiger partial charge in [0, 0.05) is 38.3 Å².